The van der Waals surface area contributed by atoms with Crippen LogP contribution in [0.25, 0.3) is 0 Å². The topological polar surface area (TPSA) is 54.2 Å². The van der Waals surface area contributed by atoms with Gasteiger partial charge >= 0.3 is 0 Å². The molecule has 0 unspecified atom stereocenters. The number of halogens is 1. The van der Waals surface area contributed by atoms with Crippen LogP contribution < -0.4 is 10.6 Å². The second-order valence-corrected chi connectivity index (χ2v) is 7.61. The lowest BCUT2D eigenvalue weighted by atomic mass is 9.67. The number of benzene rings is 1. The van der Waals surface area contributed by atoms with Gasteiger partial charge in [-0.05, 0) is 43.1 Å². The number of nitrogens with zero attached hydrogens (tertiary/aromatic N) is 3. The van der Waals surface area contributed by atoms with Crippen LogP contribution in [0.1, 0.15) is 50.4 Å². The molecular formula is C22H34IN5. The Morgan fingerprint density at radius 2 is 2.00 bits per heavy atom. The SMILES string of the molecule is CCC1(CNC(=NC)NCc2nccn2CCCc2ccccc2)CCC1.I. The van der Waals surface area contributed by atoms with Crippen molar-refractivity contribution in [1.29, 1.82) is 0 Å². The molecule has 6 heteroatoms. The number of hydrogen-bond acceptors (Lipinski definition) is 2. The van der Waals surface area contributed by atoms with E-state index in [2.05, 4.69) is 68.6 Å². The predicted molar refractivity (Wildman–Crippen MR) is 127 cm³/mol. The highest BCUT2D eigenvalue weighted by Crippen LogP contribution is 2.42. The summed E-state index contributed by atoms with van der Waals surface area (Å²) in [4.78, 5) is 8.89. The smallest absolute Gasteiger partial charge is 0.191 e. The molecule has 0 aliphatic heterocycles. The van der Waals surface area contributed by atoms with Gasteiger partial charge in [0.25, 0.3) is 0 Å². The first kappa shape index (κ1) is 22.7. The van der Waals surface area contributed by atoms with Crippen molar-refractivity contribution < 1.29 is 0 Å². The van der Waals surface area contributed by atoms with Crippen LogP contribution >= 0.6 is 24.0 Å². The lowest BCUT2D eigenvalue weighted by molar-refractivity contribution is 0.131. The van der Waals surface area contributed by atoms with Crippen molar-refractivity contribution in [1.82, 2.24) is 20.2 Å². The Labute approximate surface area is 186 Å². The van der Waals surface area contributed by atoms with Gasteiger partial charge in [0.1, 0.15) is 5.82 Å². The van der Waals surface area contributed by atoms with Crippen molar-refractivity contribution in [3.05, 3.63) is 54.1 Å². The van der Waals surface area contributed by atoms with E-state index in [9.17, 15) is 0 Å². The van der Waals surface area contributed by atoms with Gasteiger partial charge < -0.3 is 15.2 Å². The maximum atomic E-state index is 4.52. The molecule has 2 N–H and O–H groups in total. The zero-order valence-corrected chi connectivity index (χ0v) is 19.5. The van der Waals surface area contributed by atoms with E-state index in [0.29, 0.717) is 12.0 Å². The molecule has 0 amide bonds. The number of aliphatic imine (C=N–C) groups is 1. The van der Waals surface area contributed by atoms with Gasteiger partial charge in [0, 0.05) is 32.5 Å². The van der Waals surface area contributed by atoms with Crippen LogP contribution in [0.4, 0.5) is 0 Å². The molecule has 0 atom stereocenters. The molecule has 1 aromatic heterocycles. The Hall–Kier alpha value is -1.57. The Morgan fingerprint density at radius 1 is 1.21 bits per heavy atom. The molecule has 1 aliphatic carbocycles. The van der Waals surface area contributed by atoms with Crippen LogP contribution in [0.3, 0.4) is 0 Å². The number of imidazole rings is 1. The third kappa shape index (κ3) is 6.22. The van der Waals surface area contributed by atoms with Crippen LogP contribution in [-0.2, 0) is 19.5 Å². The third-order valence-electron chi connectivity index (χ3n) is 5.94. The van der Waals surface area contributed by atoms with Crippen molar-refractivity contribution in [3.8, 4) is 0 Å². The highest BCUT2D eigenvalue weighted by molar-refractivity contribution is 14.0. The van der Waals surface area contributed by atoms with E-state index in [0.717, 1.165) is 37.7 Å². The molecule has 154 valence electrons. The Balaban J connectivity index is 0.00000280. The summed E-state index contributed by atoms with van der Waals surface area (Å²) in [5, 5.41) is 6.93. The standard InChI is InChI=1S/C22H33N5.HI/c1-3-22(12-8-13-22)18-26-21(23-2)25-17-20-24-14-16-27(20)15-7-11-19-9-5-4-6-10-19;/h4-6,9-10,14,16H,3,7-8,11-13,15,17-18H2,1-2H3,(H2,23,25,26);1H. The second-order valence-electron chi connectivity index (χ2n) is 7.61. The van der Waals surface area contributed by atoms with Gasteiger partial charge in [-0.3, -0.25) is 4.99 Å². The first-order chi connectivity index (χ1) is 13.2. The summed E-state index contributed by atoms with van der Waals surface area (Å²) < 4.78 is 2.24. The van der Waals surface area contributed by atoms with E-state index in [1.807, 2.05) is 13.2 Å². The molecule has 0 saturated heterocycles. The van der Waals surface area contributed by atoms with Crippen molar-refractivity contribution in [3.63, 3.8) is 0 Å². The molecular weight excluding hydrogens is 461 g/mol. The van der Waals surface area contributed by atoms with Crippen LogP contribution in [0.15, 0.2) is 47.7 Å². The van der Waals surface area contributed by atoms with Crippen molar-refractivity contribution in [2.45, 2.75) is 58.5 Å². The average Bonchev–Trinajstić information content (AvgIpc) is 3.12. The van der Waals surface area contributed by atoms with E-state index in [1.165, 1.54) is 31.2 Å². The minimum Gasteiger partial charge on any atom is -0.356 e. The highest BCUT2D eigenvalue weighted by Gasteiger charge is 2.34. The fourth-order valence-electron chi connectivity index (χ4n) is 3.80. The van der Waals surface area contributed by atoms with E-state index < -0.39 is 0 Å². The van der Waals surface area contributed by atoms with Gasteiger partial charge in [-0.15, -0.1) is 24.0 Å². The minimum absolute atomic E-state index is 0. The first-order valence-corrected chi connectivity index (χ1v) is 10.2. The summed E-state index contributed by atoms with van der Waals surface area (Å²) >= 11 is 0. The molecule has 2 aromatic rings. The molecule has 0 bridgehead atoms. The number of aryl methyl sites for hydroxylation is 2. The summed E-state index contributed by atoms with van der Waals surface area (Å²) in [6.45, 7) is 4.98. The first-order valence-electron chi connectivity index (χ1n) is 10.2. The molecule has 28 heavy (non-hydrogen) atoms. The molecule has 5 nitrogen and oxygen atoms in total. The van der Waals surface area contributed by atoms with Crippen LogP contribution in [-0.4, -0.2) is 29.1 Å². The van der Waals surface area contributed by atoms with Gasteiger partial charge in [0.15, 0.2) is 5.96 Å². The minimum atomic E-state index is 0. The lowest BCUT2D eigenvalue weighted by Crippen LogP contribution is -2.46. The summed E-state index contributed by atoms with van der Waals surface area (Å²) in [6, 6.07) is 10.7. The van der Waals surface area contributed by atoms with Crippen LogP contribution in [0, 0.1) is 5.41 Å². The fraction of sp³-hybridized carbons (Fsp3) is 0.545. The quantitative estimate of drug-likeness (QED) is 0.309. The van der Waals surface area contributed by atoms with Gasteiger partial charge in [-0.2, -0.15) is 0 Å². The maximum absolute atomic E-state index is 4.52. The Bertz CT molecular complexity index is 716. The Morgan fingerprint density at radius 3 is 2.64 bits per heavy atom. The Kier molecular flexibility index (Phi) is 9.28. The largest absolute Gasteiger partial charge is 0.356 e. The number of rotatable bonds is 9. The fourth-order valence-corrected chi connectivity index (χ4v) is 3.80. The van der Waals surface area contributed by atoms with E-state index >= 15 is 0 Å². The lowest BCUT2D eigenvalue weighted by Gasteiger charge is -2.41. The number of guanidine groups is 1. The summed E-state index contributed by atoms with van der Waals surface area (Å²) in [5.41, 5.74) is 1.87. The molecule has 1 aliphatic rings. The molecule has 1 saturated carbocycles. The number of hydrogen-bond donors (Lipinski definition) is 2. The molecule has 0 spiro atoms. The van der Waals surface area contributed by atoms with E-state index in [-0.39, 0.29) is 24.0 Å². The van der Waals surface area contributed by atoms with Crippen molar-refractivity contribution in [2.75, 3.05) is 13.6 Å². The number of aromatic nitrogens is 2. The number of nitrogens with one attached hydrogen (secondary N) is 2. The highest BCUT2D eigenvalue weighted by atomic mass is 127. The summed E-state index contributed by atoms with van der Waals surface area (Å²) in [6.07, 6.45) is 11.4. The maximum Gasteiger partial charge on any atom is 0.191 e. The predicted octanol–water partition coefficient (Wildman–Crippen LogP) is 4.38. The summed E-state index contributed by atoms with van der Waals surface area (Å²) in [7, 11) is 1.83. The second kappa shape index (κ2) is 11.4. The van der Waals surface area contributed by atoms with Crippen LogP contribution in [0.5, 0.6) is 0 Å². The molecule has 1 fully saturated rings. The summed E-state index contributed by atoms with van der Waals surface area (Å²) in [5.74, 6) is 1.92. The molecule has 1 heterocycles. The zero-order chi connectivity index (χ0) is 19.0. The monoisotopic (exact) mass is 495 g/mol. The molecule has 3 rings (SSSR count). The van der Waals surface area contributed by atoms with Crippen LogP contribution in [0.2, 0.25) is 0 Å². The van der Waals surface area contributed by atoms with Gasteiger partial charge in [-0.25, -0.2) is 4.98 Å². The van der Waals surface area contributed by atoms with Gasteiger partial charge in [0.05, 0.1) is 6.54 Å². The van der Waals surface area contributed by atoms with E-state index in [1.54, 1.807) is 0 Å². The van der Waals surface area contributed by atoms with Gasteiger partial charge in [0.2, 0.25) is 0 Å². The molecule has 1 aromatic carbocycles. The van der Waals surface area contributed by atoms with Crippen molar-refractivity contribution in [2.24, 2.45) is 10.4 Å². The molecule has 0 radical (unpaired) electrons. The normalized spacial score (nSPS) is 15.4. The van der Waals surface area contributed by atoms with Gasteiger partial charge in [-0.1, -0.05) is 43.7 Å². The van der Waals surface area contributed by atoms with Crippen molar-refractivity contribution >= 4 is 29.9 Å². The third-order valence-corrected chi connectivity index (χ3v) is 5.94. The van der Waals surface area contributed by atoms with E-state index in [4.69, 9.17) is 0 Å². The average molecular weight is 495 g/mol. The zero-order valence-electron chi connectivity index (χ0n) is 17.2.